The molecule has 0 bridgehead atoms. The number of nitrogens with one attached hydrogen (secondary N) is 1. The Bertz CT molecular complexity index is 867. The van der Waals surface area contributed by atoms with Gasteiger partial charge in [0.05, 0.1) is 12.1 Å². The van der Waals surface area contributed by atoms with Gasteiger partial charge in [-0.1, -0.05) is 74.5 Å². The Morgan fingerprint density at radius 3 is 2.00 bits per heavy atom. The second-order valence-electron chi connectivity index (χ2n) is 7.44. The predicted molar refractivity (Wildman–Crippen MR) is 113 cm³/mol. The number of carbonyl (C=O) groups excluding carboxylic acids is 1. The maximum atomic E-state index is 13.0. The number of rotatable bonds is 9. The molecule has 0 unspecified atom stereocenters. The Kier molecular flexibility index (Phi) is 8.22. The summed E-state index contributed by atoms with van der Waals surface area (Å²) in [4.78, 5) is 12.4. The first-order valence-corrected chi connectivity index (χ1v) is 11.1. The molecule has 0 aromatic heterocycles. The van der Waals surface area contributed by atoms with Crippen molar-refractivity contribution in [2.45, 2.75) is 51.7 Å². The Labute approximate surface area is 173 Å². The maximum Gasteiger partial charge on any atom is 0.407 e. The van der Waals surface area contributed by atoms with E-state index in [4.69, 9.17) is 8.92 Å². The first-order valence-electron chi connectivity index (χ1n) is 9.65. The fourth-order valence-electron chi connectivity index (χ4n) is 3.02. The average Bonchev–Trinajstić information content (AvgIpc) is 2.66. The lowest BCUT2D eigenvalue weighted by Crippen LogP contribution is -2.46. The van der Waals surface area contributed by atoms with Gasteiger partial charge in [0.1, 0.15) is 11.9 Å². The van der Waals surface area contributed by atoms with Crippen molar-refractivity contribution >= 4 is 16.2 Å². The highest BCUT2D eigenvalue weighted by molar-refractivity contribution is 7.87. The fourth-order valence-corrected chi connectivity index (χ4v) is 4.91. The van der Waals surface area contributed by atoms with Gasteiger partial charge in [-0.25, -0.2) is 4.79 Å². The minimum absolute atomic E-state index is 0.0999. The molecule has 1 amide bonds. The zero-order chi connectivity index (χ0) is 21.4. The van der Waals surface area contributed by atoms with Gasteiger partial charge >= 0.3 is 6.09 Å². The summed E-state index contributed by atoms with van der Waals surface area (Å²) in [6, 6.07) is 17.3. The molecule has 2 aromatic rings. The van der Waals surface area contributed by atoms with Crippen LogP contribution < -0.4 is 5.32 Å². The van der Waals surface area contributed by atoms with E-state index in [1.807, 2.05) is 50.2 Å². The topological polar surface area (TPSA) is 81.7 Å². The van der Waals surface area contributed by atoms with Gasteiger partial charge in [-0.15, -0.1) is 0 Å². The summed E-state index contributed by atoms with van der Waals surface area (Å²) in [6.45, 7) is 7.12. The molecule has 0 fully saturated rings. The third-order valence-corrected chi connectivity index (χ3v) is 6.15. The van der Waals surface area contributed by atoms with Crippen LogP contribution in [0.3, 0.4) is 0 Å². The van der Waals surface area contributed by atoms with Crippen molar-refractivity contribution in [1.82, 2.24) is 5.32 Å². The molecule has 0 aliphatic rings. The summed E-state index contributed by atoms with van der Waals surface area (Å²) >= 11 is 0. The highest BCUT2D eigenvalue weighted by Gasteiger charge is 2.39. The van der Waals surface area contributed by atoms with Crippen molar-refractivity contribution in [3.05, 3.63) is 71.8 Å². The molecule has 0 aliphatic carbocycles. The van der Waals surface area contributed by atoms with Gasteiger partial charge in [-0.2, -0.15) is 8.42 Å². The molecule has 0 heterocycles. The van der Waals surface area contributed by atoms with Crippen molar-refractivity contribution in [2.24, 2.45) is 5.92 Å². The number of carbonyl (C=O) groups is 1. The van der Waals surface area contributed by atoms with Gasteiger partial charge < -0.3 is 10.1 Å². The number of ether oxygens (including phenoxy) is 1. The van der Waals surface area contributed by atoms with Gasteiger partial charge in [0.2, 0.25) is 0 Å². The second kappa shape index (κ2) is 10.4. The molecule has 7 heteroatoms. The van der Waals surface area contributed by atoms with E-state index in [1.165, 1.54) is 0 Å². The van der Waals surface area contributed by atoms with Crippen LogP contribution >= 0.6 is 0 Å². The molecule has 0 spiro atoms. The van der Waals surface area contributed by atoms with E-state index in [-0.39, 0.29) is 12.5 Å². The highest BCUT2D eigenvalue weighted by Crippen LogP contribution is 2.32. The molecule has 0 saturated heterocycles. The molecule has 2 aromatic carbocycles. The number of alkyl carbamates (subject to hydrolysis) is 1. The van der Waals surface area contributed by atoms with Crippen LogP contribution in [0.4, 0.5) is 4.79 Å². The summed E-state index contributed by atoms with van der Waals surface area (Å²) in [5, 5.41) is 1.68. The lowest BCUT2D eigenvalue weighted by atomic mass is 9.96. The van der Waals surface area contributed by atoms with Crippen LogP contribution in [0.1, 0.15) is 44.1 Å². The first kappa shape index (κ1) is 22.9. The Hall–Kier alpha value is -2.38. The molecule has 2 atom stereocenters. The van der Waals surface area contributed by atoms with Gasteiger partial charge in [0, 0.05) is 0 Å². The summed E-state index contributed by atoms with van der Waals surface area (Å²) in [5.74, 6) is -0.185. The normalized spacial score (nSPS) is 13.9. The smallest absolute Gasteiger partial charge is 0.407 e. The lowest BCUT2D eigenvalue weighted by molar-refractivity contribution is 0.131. The maximum absolute atomic E-state index is 13.0. The van der Waals surface area contributed by atoms with E-state index in [2.05, 4.69) is 5.32 Å². The Balaban J connectivity index is 2.25. The van der Waals surface area contributed by atoms with E-state index < -0.39 is 33.6 Å². The van der Waals surface area contributed by atoms with E-state index in [0.29, 0.717) is 5.56 Å². The SMILES string of the molecule is CC(C)OS(=O)(=O)[C@@H](c1ccccc1)[C@H](NC(=O)OCc1ccccc1)C(C)C. The van der Waals surface area contributed by atoms with E-state index in [9.17, 15) is 13.2 Å². The van der Waals surface area contributed by atoms with Crippen molar-refractivity contribution in [1.29, 1.82) is 0 Å². The van der Waals surface area contributed by atoms with Crippen molar-refractivity contribution in [3.63, 3.8) is 0 Å². The molecular weight excluding hydrogens is 390 g/mol. The molecule has 0 aliphatic heterocycles. The number of hydrogen-bond donors (Lipinski definition) is 1. The van der Waals surface area contributed by atoms with Crippen molar-refractivity contribution in [3.8, 4) is 0 Å². The minimum atomic E-state index is -4.00. The third kappa shape index (κ3) is 6.87. The van der Waals surface area contributed by atoms with Gasteiger partial charge in [0.25, 0.3) is 10.1 Å². The highest BCUT2D eigenvalue weighted by atomic mass is 32.2. The zero-order valence-electron chi connectivity index (χ0n) is 17.2. The summed E-state index contributed by atoms with van der Waals surface area (Å²) in [6.07, 6.45) is -1.18. The average molecular weight is 420 g/mol. The molecule has 29 heavy (non-hydrogen) atoms. The van der Waals surface area contributed by atoms with Crippen LogP contribution in [0.25, 0.3) is 0 Å². The molecular formula is C22H29NO5S. The lowest BCUT2D eigenvalue weighted by Gasteiger charge is -2.31. The molecule has 1 N–H and O–H groups in total. The molecule has 0 radical (unpaired) electrons. The van der Waals surface area contributed by atoms with Crippen LogP contribution in [0.5, 0.6) is 0 Å². The Morgan fingerprint density at radius 2 is 1.48 bits per heavy atom. The fraction of sp³-hybridized carbons (Fsp3) is 0.409. The monoisotopic (exact) mass is 419 g/mol. The second-order valence-corrected chi connectivity index (χ2v) is 9.13. The molecule has 0 saturated carbocycles. The van der Waals surface area contributed by atoms with Gasteiger partial charge in [0.15, 0.2) is 0 Å². The van der Waals surface area contributed by atoms with Gasteiger partial charge in [-0.3, -0.25) is 4.18 Å². The van der Waals surface area contributed by atoms with Crippen LogP contribution in [-0.4, -0.2) is 26.7 Å². The largest absolute Gasteiger partial charge is 0.445 e. The summed E-state index contributed by atoms with van der Waals surface area (Å²) < 4.78 is 36.6. The third-order valence-electron chi connectivity index (χ3n) is 4.31. The van der Waals surface area contributed by atoms with Crippen LogP contribution in [0, 0.1) is 5.92 Å². The van der Waals surface area contributed by atoms with Crippen LogP contribution in [0.2, 0.25) is 0 Å². The predicted octanol–water partition coefficient (Wildman–Crippen LogP) is 4.43. The van der Waals surface area contributed by atoms with E-state index in [0.717, 1.165) is 5.56 Å². The van der Waals surface area contributed by atoms with Crippen LogP contribution in [-0.2, 0) is 25.6 Å². The quantitative estimate of drug-likeness (QED) is 0.608. The number of hydrogen-bond acceptors (Lipinski definition) is 5. The Morgan fingerprint density at radius 1 is 0.931 bits per heavy atom. The summed E-state index contributed by atoms with van der Waals surface area (Å²) in [7, 11) is -4.00. The van der Waals surface area contributed by atoms with E-state index >= 15 is 0 Å². The van der Waals surface area contributed by atoms with Crippen LogP contribution in [0.15, 0.2) is 60.7 Å². The number of amides is 1. The van der Waals surface area contributed by atoms with Gasteiger partial charge in [-0.05, 0) is 30.9 Å². The van der Waals surface area contributed by atoms with E-state index in [1.54, 1.807) is 38.1 Å². The molecule has 2 rings (SSSR count). The molecule has 6 nitrogen and oxygen atoms in total. The standard InChI is InChI=1S/C22H29NO5S/c1-16(2)20(23-22(24)27-15-18-11-7-5-8-12-18)21(19-13-9-6-10-14-19)29(25,26)28-17(3)4/h5-14,16-17,20-21H,15H2,1-4H3,(H,23,24)/t20-,21+/m1/s1. The zero-order valence-corrected chi connectivity index (χ0v) is 18.1. The summed E-state index contributed by atoms with van der Waals surface area (Å²) in [5.41, 5.74) is 1.40. The first-order chi connectivity index (χ1) is 13.7. The number of benzene rings is 2. The minimum Gasteiger partial charge on any atom is -0.445 e. The molecule has 158 valence electrons. The van der Waals surface area contributed by atoms with Crippen molar-refractivity contribution < 1.29 is 22.1 Å². The van der Waals surface area contributed by atoms with Crippen molar-refractivity contribution in [2.75, 3.05) is 0 Å².